The van der Waals surface area contributed by atoms with Crippen LogP contribution in [-0.2, 0) is 4.74 Å². The molecule has 25 heavy (non-hydrogen) atoms. The zero-order valence-electron chi connectivity index (χ0n) is 14.4. The summed E-state index contributed by atoms with van der Waals surface area (Å²) in [7, 11) is 0. The highest BCUT2D eigenvalue weighted by atomic mass is 16.6. The highest BCUT2D eigenvalue weighted by Crippen LogP contribution is 2.26. The highest BCUT2D eigenvalue weighted by molar-refractivity contribution is 5.97. The predicted octanol–water partition coefficient (Wildman–Crippen LogP) is 2.08. The lowest BCUT2D eigenvalue weighted by Crippen LogP contribution is -2.36. The molecule has 0 aliphatic carbocycles. The number of hydrogen-bond donors (Lipinski definition) is 1. The van der Waals surface area contributed by atoms with E-state index < -0.39 is 22.5 Å². The minimum Gasteiger partial charge on any atom is -0.488 e. The van der Waals surface area contributed by atoms with Gasteiger partial charge in [0.05, 0.1) is 11.5 Å². The van der Waals surface area contributed by atoms with Crippen molar-refractivity contribution in [3.63, 3.8) is 0 Å². The van der Waals surface area contributed by atoms with Crippen LogP contribution in [0.5, 0.6) is 5.75 Å². The minimum atomic E-state index is -0.904. The first kappa shape index (κ1) is 18.5. The molecular formula is C16H21N3O6. The number of nitro benzene ring substituents is 1. The SMILES string of the molecule is CC(C)(C)OC(=O)N1CCC(Oc2ccc([N+](=O)[O-])c(C(N)=O)c2)C1. The molecule has 1 aromatic rings. The Morgan fingerprint density at radius 2 is 2.04 bits per heavy atom. The summed E-state index contributed by atoms with van der Waals surface area (Å²) in [6.07, 6.45) is -0.128. The summed E-state index contributed by atoms with van der Waals surface area (Å²) >= 11 is 0. The van der Waals surface area contributed by atoms with Crippen molar-refractivity contribution in [3.8, 4) is 5.75 Å². The van der Waals surface area contributed by atoms with E-state index in [9.17, 15) is 19.7 Å². The van der Waals surface area contributed by atoms with Crippen molar-refractivity contribution in [1.29, 1.82) is 0 Å². The highest BCUT2D eigenvalue weighted by Gasteiger charge is 2.31. The number of amides is 2. The average molecular weight is 351 g/mol. The molecule has 1 aliphatic rings. The fourth-order valence-corrected chi connectivity index (χ4v) is 2.45. The first-order valence-corrected chi connectivity index (χ1v) is 7.79. The Balaban J connectivity index is 2.04. The Kier molecular flexibility index (Phi) is 5.15. The Morgan fingerprint density at radius 1 is 1.36 bits per heavy atom. The molecule has 1 aromatic carbocycles. The molecule has 1 heterocycles. The summed E-state index contributed by atoms with van der Waals surface area (Å²) < 4.78 is 11.0. The van der Waals surface area contributed by atoms with Gasteiger partial charge in [-0.05, 0) is 32.9 Å². The van der Waals surface area contributed by atoms with E-state index in [1.54, 1.807) is 20.8 Å². The van der Waals surface area contributed by atoms with Gasteiger partial charge in [-0.3, -0.25) is 14.9 Å². The Bertz CT molecular complexity index is 698. The van der Waals surface area contributed by atoms with E-state index in [0.29, 0.717) is 19.5 Å². The van der Waals surface area contributed by atoms with Crippen LogP contribution in [0, 0.1) is 10.1 Å². The zero-order valence-corrected chi connectivity index (χ0v) is 14.4. The van der Waals surface area contributed by atoms with Crippen molar-refractivity contribution in [2.24, 2.45) is 5.73 Å². The number of likely N-dealkylation sites (tertiary alicyclic amines) is 1. The van der Waals surface area contributed by atoms with E-state index in [2.05, 4.69) is 0 Å². The van der Waals surface area contributed by atoms with Gasteiger partial charge in [-0.1, -0.05) is 0 Å². The van der Waals surface area contributed by atoms with E-state index in [1.807, 2.05) is 0 Å². The third-order valence-electron chi connectivity index (χ3n) is 3.53. The summed E-state index contributed by atoms with van der Waals surface area (Å²) in [6, 6.07) is 3.83. The van der Waals surface area contributed by atoms with Gasteiger partial charge in [-0.15, -0.1) is 0 Å². The molecule has 9 nitrogen and oxygen atoms in total. The van der Waals surface area contributed by atoms with E-state index in [-0.39, 0.29) is 23.1 Å². The third-order valence-corrected chi connectivity index (χ3v) is 3.53. The average Bonchev–Trinajstić information content (AvgIpc) is 2.93. The molecule has 9 heteroatoms. The van der Waals surface area contributed by atoms with E-state index in [4.69, 9.17) is 15.2 Å². The van der Waals surface area contributed by atoms with Crippen molar-refractivity contribution < 1.29 is 24.0 Å². The molecule has 1 aliphatic heterocycles. The van der Waals surface area contributed by atoms with Crippen LogP contribution in [0.25, 0.3) is 0 Å². The number of primary amides is 1. The summed E-state index contributed by atoms with van der Waals surface area (Å²) in [5, 5.41) is 10.9. The number of nitro groups is 1. The van der Waals surface area contributed by atoms with Crippen LogP contribution in [0.3, 0.4) is 0 Å². The summed E-state index contributed by atoms with van der Waals surface area (Å²) in [6.45, 7) is 6.18. The molecule has 136 valence electrons. The van der Waals surface area contributed by atoms with E-state index in [1.165, 1.54) is 23.1 Å². The fourth-order valence-electron chi connectivity index (χ4n) is 2.45. The number of hydrogen-bond acceptors (Lipinski definition) is 6. The first-order valence-electron chi connectivity index (χ1n) is 7.79. The van der Waals surface area contributed by atoms with Crippen molar-refractivity contribution in [2.45, 2.75) is 38.9 Å². The lowest BCUT2D eigenvalue weighted by atomic mass is 10.1. The Labute approximate surface area is 144 Å². The number of nitrogens with two attached hydrogens (primary N) is 1. The molecule has 1 unspecified atom stereocenters. The van der Waals surface area contributed by atoms with E-state index in [0.717, 1.165) is 0 Å². The number of carbonyl (C=O) groups is 2. The maximum atomic E-state index is 12.0. The van der Waals surface area contributed by atoms with Gasteiger partial charge in [-0.2, -0.15) is 0 Å². The van der Waals surface area contributed by atoms with Crippen molar-refractivity contribution in [3.05, 3.63) is 33.9 Å². The van der Waals surface area contributed by atoms with Crippen LogP contribution >= 0.6 is 0 Å². The molecule has 2 amide bonds. The molecule has 0 saturated carbocycles. The molecular weight excluding hydrogens is 330 g/mol. The number of carbonyl (C=O) groups excluding carboxylic acids is 2. The van der Waals surface area contributed by atoms with Crippen LogP contribution in [0.2, 0.25) is 0 Å². The van der Waals surface area contributed by atoms with Gasteiger partial charge >= 0.3 is 6.09 Å². The van der Waals surface area contributed by atoms with Gasteiger partial charge < -0.3 is 20.1 Å². The van der Waals surface area contributed by atoms with Crippen LogP contribution in [0.15, 0.2) is 18.2 Å². The number of ether oxygens (including phenoxy) is 2. The topological polar surface area (TPSA) is 125 Å². The molecule has 0 spiro atoms. The van der Waals surface area contributed by atoms with Crippen LogP contribution in [0.4, 0.5) is 10.5 Å². The van der Waals surface area contributed by atoms with Gasteiger partial charge in [-0.25, -0.2) is 4.79 Å². The van der Waals surface area contributed by atoms with E-state index >= 15 is 0 Å². The molecule has 1 atom stereocenters. The smallest absolute Gasteiger partial charge is 0.410 e. The monoisotopic (exact) mass is 351 g/mol. The number of rotatable bonds is 4. The summed E-state index contributed by atoms with van der Waals surface area (Å²) in [5.41, 5.74) is 4.01. The van der Waals surface area contributed by atoms with Gasteiger partial charge in [0, 0.05) is 19.0 Å². The van der Waals surface area contributed by atoms with Gasteiger partial charge in [0.15, 0.2) is 0 Å². The summed E-state index contributed by atoms with van der Waals surface area (Å²) in [5.74, 6) is -0.616. The van der Waals surface area contributed by atoms with Crippen molar-refractivity contribution >= 4 is 17.7 Å². The number of nitrogens with zero attached hydrogens (tertiary/aromatic N) is 2. The number of benzene rings is 1. The molecule has 1 fully saturated rings. The van der Waals surface area contributed by atoms with Crippen LogP contribution in [0.1, 0.15) is 37.6 Å². The Hall–Kier alpha value is -2.84. The largest absolute Gasteiger partial charge is 0.488 e. The van der Waals surface area contributed by atoms with Gasteiger partial charge in [0.1, 0.15) is 23.0 Å². The standard InChI is InChI=1S/C16H21N3O6/c1-16(2,3)25-15(21)18-7-6-11(9-18)24-10-4-5-13(19(22)23)12(8-10)14(17)20/h4-5,8,11H,6-7,9H2,1-3H3,(H2,17,20). The first-order chi connectivity index (χ1) is 11.6. The Morgan fingerprint density at radius 3 is 2.60 bits per heavy atom. The third kappa shape index (κ3) is 4.82. The maximum absolute atomic E-state index is 12.0. The second-order valence-electron chi connectivity index (χ2n) is 6.76. The second-order valence-corrected chi connectivity index (χ2v) is 6.76. The maximum Gasteiger partial charge on any atom is 0.410 e. The molecule has 0 bridgehead atoms. The van der Waals surface area contributed by atoms with Crippen molar-refractivity contribution in [1.82, 2.24) is 4.90 Å². The molecule has 2 rings (SSSR count). The quantitative estimate of drug-likeness (QED) is 0.654. The molecule has 0 radical (unpaired) electrons. The lowest BCUT2D eigenvalue weighted by molar-refractivity contribution is -0.385. The summed E-state index contributed by atoms with van der Waals surface area (Å²) in [4.78, 5) is 35.2. The predicted molar refractivity (Wildman–Crippen MR) is 88.5 cm³/mol. The lowest BCUT2D eigenvalue weighted by Gasteiger charge is -2.24. The van der Waals surface area contributed by atoms with Gasteiger partial charge in [0.2, 0.25) is 0 Å². The molecule has 1 saturated heterocycles. The van der Waals surface area contributed by atoms with Crippen LogP contribution in [-0.4, -0.2) is 46.6 Å². The van der Waals surface area contributed by atoms with Gasteiger partial charge in [0.25, 0.3) is 11.6 Å². The van der Waals surface area contributed by atoms with Crippen molar-refractivity contribution in [2.75, 3.05) is 13.1 Å². The minimum absolute atomic E-state index is 0.218. The molecule has 2 N–H and O–H groups in total. The molecule has 0 aromatic heterocycles. The zero-order chi connectivity index (χ0) is 18.8. The normalized spacial score (nSPS) is 17.2. The fraction of sp³-hybridized carbons (Fsp3) is 0.500. The second kappa shape index (κ2) is 6.96. The van der Waals surface area contributed by atoms with Crippen LogP contribution < -0.4 is 10.5 Å².